The number of rotatable bonds is 8. The third-order valence-corrected chi connectivity index (χ3v) is 4.55. The number of amides is 1. The monoisotopic (exact) mass is 358 g/mol. The van der Waals surface area contributed by atoms with E-state index in [2.05, 4.69) is 21.7 Å². The maximum atomic E-state index is 12.5. The Hall–Kier alpha value is -2.34. The molecule has 1 aromatic heterocycles. The number of carbonyl (C=O) groups is 1. The summed E-state index contributed by atoms with van der Waals surface area (Å²) < 4.78 is 0. The van der Waals surface area contributed by atoms with Crippen LogP contribution in [-0.2, 0) is 17.9 Å². The summed E-state index contributed by atoms with van der Waals surface area (Å²) in [5, 5.41) is 8.49. The highest BCUT2D eigenvalue weighted by Gasteiger charge is 2.12. The quantitative estimate of drug-likeness (QED) is 0.563. The molecule has 2 rings (SSSR count). The van der Waals surface area contributed by atoms with Crippen LogP contribution in [0.3, 0.4) is 0 Å². The lowest BCUT2D eigenvalue weighted by Crippen LogP contribution is -2.38. The molecule has 0 aliphatic rings. The van der Waals surface area contributed by atoms with E-state index in [0.29, 0.717) is 25.6 Å². The first-order chi connectivity index (χ1) is 12.2. The summed E-state index contributed by atoms with van der Waals surface area (Å²) in [7, 11) is 0. The van der Waals surface area contributed by atoms with Gasteiger partial charge in [0.15, 0.2) is 5.96 Å². The summed E-state index contributed by atoms with van der Waals surface area (Å²) >= 11 is 1.70. The molecule has 1 aromatic carbocycles. The zero-order chi connectivity index (χ0) is 17.9. The molecule has 0 saturated heterocycles. The van der Waals surface area contributed by atoms with Crippen molar-refractivity contribution in [3.8, 4) is 0 Å². The molecule has 0 aliphatic heterocycles. The lowest BCUT2D eigenvalue weighted by molar-refractivity contribution is -0.130. The first kappa shape index (κ1) is 19.0. The Bertz CT molecular complexity index is 655. The standard InChI is InChI=1S/C19H26N4OS/c1-3-20-19(21-13-17-11-8-12-25-17)22-14-18(24)23(4-2)15-16-9-6-5-7-10-16/h5-12H,3-4,13-15H2,1-2H3,(H2,20,21,22). The number of hydrogen-bond acceptors (Lipinski definition) is 3. The van der Waals surface area contributed by atoms with Gasteiger partial charge in [-0.25, -0.2) is 4.99 Å². The molecule has 1 heterocycles. The van der Waals surface area contributed by atoms with Gasteiger partial charge in [0.25, 0.3) is 0 Å². The molecule has 2 N–H and O–H groups in total. The number of aliphatic imine (C=N–C) groups is 1. The molecule has 6 heteroatoms. The topological polar surface area (TPSA) is 56.7 Å². The van der Waals surface area contributed by atoms with Crippen molar-refractivity contribution in [2.45, 2.75) is 26.9 Å². The SMILES string of the molecule is CCNC(=NCC(=O)N(CC)Cc1ccccc1)NCc1cccs1. The van der Waals surface area contributed by atoms with Crippen LogP contribution < -0.4 is 10.6 Å². The Kier molecular flexibility index (Phi) is 7.98. The maximum Gasteiger partial charge on any atom is 0.244 e. The van der Waals surface area contributed by atoms with Crippen molar-refractivity contribution < 1.29 is 4.79 Å². The molecular formula is C19H26N4OS. The number of benzene rings is 1. The highest BCUT2D eigenvalue weighted by Crippen LogP contribution is 2.07. The third kappa shape index (κ3) is 6.58. The molecular weight excluding hydrogens is 332 g/mol. The highest BCUT2D eigenvalue weighted by molar-refractivity contribution is 7.09. The molecule has 25 heavy (non-hydrogen) atoms. The van der Waals surface area contributed by atoms with Crippen LogP contribution in [0.1, 0.15) is 24.3 Å². The number of carbonyl (C=O) groups excluding carboxylic acids is 1. The zero-order valence-electron chi connectivity index (χ0n) is 14.9. The minimum Gasteiger partial charge on any atom is -0.357 e. The van der Waals surface area contributed by atoms with E-state index >= 15 is 0 Å². The van der Waals surface area contributed by atoms with Gasteiger partial charge in [-0.15, -0.1) is 11.3 Å². The van der Waals surface area contributed by atoms with Crippen molar-refractivity contribution in [2.24, 2.45) is 4.99 Å². The predicted octanol–water partition coefficient (Wildman–Crippen LogP) is 2.85. The lowest BCUT2D eigenvalue weighted by atomic mass is 10.2. The van der Waals surface area contributed by atoms with Gasteiger partial charge in [-0.1, -0.05) is 36.4 Å². The molecule has 0 fully saturated rings. The van der Waals surface area contributed by atoms with Crippen molar-refractivity contribution in [1.29, 1.82) is 0 Å². The second kappa shape index (κ2) is 10.5. The summed E-state index contributed by atoms with van der Waals surface area (Å²) in [5.74, 6) is 0.694. The Labute approximate surface area is 153 Å². The second-order valence-electron chi connectivity index (χ2n) is 5.52. The minimum atomic E-state index is 0.0275. The van der Waals surface area contributed by atoms with E-state index in [1.54, 1.807) is 11.3 Å². The van der Waals surface area contributed by atoms with Crippen LogP contribution in [0, 0.1) is 0 Å². The van der Waals surface area contributed by atoms with E-state index in [9.17, 15) is 4.79 Å². The van der Waals surface area contributed by atoms with Gasteiger partial charge in [0.05, 0.1) is 6.54 Å². The fourth-order valence-corrected chi connectivity index (χ4v) is 3.00. The maximum absolute atomic E-state index is 12.5. The normalized spacial score (nSPS) is 11.2. The molecule has 0 atom stereocenters. The summed E-state index contributed by atoms with van der Waals surface area (Å²) in [6.07, 6.45) is 0. The minimum absolute atomic E-state index is 0.0275. The summed E-state index contributed by atoms with van der Waals surface area (Å²) in [4.78, 5) is 20.0. The van der Waals surface area contributed by atoms with E-state index in [1.807, 2.05) is 60.5 Å². The number of nitrogens with one attached hydrogen (secondary N) is 2. The van der Waals surface area contributed by atoms with Crippen LogP contribution in [0.15, 0.2) is 52.8 Å². The molecule has 0 spiro atoms. The van der Waals surface area contributed by atoms with Crippen LogP contribution in [0.2, 0.25) is 0 Å². The summed E-state index contributed by atoms with van der Waals surface area (Å²) in [6, 6.07) is 14.1. The first-order valence-electron chi connectivity index (χ1n) is 8.59. The Balaban J connectivity index is 1.91. The Morgan fingerprint density at radius 2 is 1.92 bits per heavy atom. The number of nitrogens with zero attached hydrogens (tertiary/aromatic N) is 2. The van der Waals surface area contributed by atoms with Crippen LogP contribution in [0.25, 0.3) is 0 Å². The number of hydrogen-bond donors (Lipinski definition) is 2. The van der Waals surface area contributed by atoms with Gasteiger partial charge in [-0.3, -0.25) is 4.79 Å². The zero-order valence-corrected chi connectivity index (χ0v) is 15.7. The van der Waals surface area contributed by atoms with Gasteiger partial charge in [-0.2, -0.15) is 0 Å². The molecule has 134 valence electrons. The fourth-order valence-electron chi connectivity index (χ4n) is 2.35. The van der Waals surface area contributed by atoms with Crippen molar-refractivity contribution in [3.63, 3.8) is 0 Å². The molecule has 0 saturated carbocycles. The van der Waals surface area contributed by atoms with Gasteiger partial charge in [0, 0.05) is 24.5 Å². The van der Waals surface area contributed by atoms with Gasteiger partial charge in [-0.05, 0) is 30.9 Å². The van der Waals surface area contributed by atoms with Crippen LogP contribution >= 0.6 is 11.3 Å². The average molecular weight is 359 g/mol. The number of thiophene rings is 1. The fraction of sp³-hybridized carbons (Fsp3) is 0.368. The highest BCUT2D eigenvalue weighted by atomic mass is 32.1. The van der Waals surface area contributed by atoms with E-state index in [4.69, 9.17) is 0 Å². The van der Waals surface area contributed by atoms with Crippen LogP contribution in [-0.4, -0.2) is 36.4 Å². The van der Waals surface area contributed by atoms with E-state index in [0.717, 1.165) is 12.1 Å². The molecule has 0 unspecified atom stereocenters. The van der Waals surface area contributed by atoms with Crippen molar-refractivity contribution in [3.05, 3.63) is 58.3 Å². The van der Waals surface area contributed by atoms with Crippen LogP contribution in [0.4, 0.5) is 0 Å². The van der Waals surface area contributed by atoms with Crippen molar-refractivity contribution in [1.82, 2.24) is 15.5 Å². The smallest absolute Gasteiger partial charge is 0.244 e. The van der Waals surface area contributed by atoms with Gasteiger partial charge < -0.3 is 15.5 Å². The Morgan fingerprint density at radius 3 is 2.56 bits per heavy atom. The van der Waals surface area contributed by atoms with E-state index < -0.39 is 0 Å². The Morgan fingerprint density at radius 1 is 1.12 bits per heavy atom. The van der Waals surface area contributed by atoms with Gasteiger partial charge in [0.1, 0.15) is 6.54 Å². The predicted molar refractivity (Wildman–Crippen MR) is 105 cm³/mol. The van der Waals surface area contributed by atoms with Crippen molar-refractivity contribution >= 4 is 23.2 Å². The molecule has 0 aliphatic carbocycles. The molecule has 2 aromatic rings. The summed E-state index contributed by atoms with van der Waals surface area (Å²) in [5.41, 5.74) is 1.13. The molecule has 1 amide bonds. The van der Waals surface area contributed by atoms with Crippen LogP contribution in [0.5, 0.6) is 0 Å². The molecule has 0 radical (unpaired) electrons. The second-order valence-corrected chi connectivity index (χ2v) is 6.55. The van der Waals surface area contributed by atoms with E-state index in [1.165, 1.54) is 4.88 Å². The molecule has 0 bridgehead atoms. The lowest BCUT2D eigenvalue weighted by Gasteiger charge is -2.20. The third-order valence-electron chi connectivity index (χ3n) is 3.68. The van der Waals surface area contributed by atoms with Gasteiger partial charge >= 0.3 is 0 Å². The van der Waals surface area contributed by atoms with Crippen molar-refractivity contribution in [2.75, 3.05) is 19.6 Å². The van der Waals surface area contributed by atoms with E-state index in [-0.39, 0.29) is 12.5 Å². The summed E-state index contributed by atoms with van der Waals surface area (Å²) in [6.45, 7) is 6.89. The first-order valence-corrected chi connectivity index (χ1v) is 9.47. The largest absolute Gasteiger partial charge is 0.357 e. The van der Waals surface area contributed by atoms with Gasteiger partial charge in [0.2, 0.25) is 5.91 Å². The number of likely N-dealkylation sites (N-methyl/N-ethyl adjacent to an activating group) is 1. The number of guanidine groups is 1. The average Bonchev–Trinajstić information content (AvgIpc) is 3.16. The molecule has 5 nitrogen and oxygen atoms in total.